The Morgan fingerprint density at radius 3 is 2.50 bits per heavy atom. The van der Waals surface area contributed by atoms with Crippen LogP contribution in [0.2, 0.25) is 0 Å². The highest BCUT2D eigenvalue weighted by Crippen LogP contribution is 2.22. The van der Waals surface area contributed by atoms with Gasteiger partial charge in [-0.2, -0.15) is 0 Å². The number of aliphatic hydroxyl groups excluding tert-OH is 1. The number of benzene rings is 1. The third-order valence-corrected chi connectivity index (χ3v) is 4.88. The van der Waals surface area contributed by atoms with E-state index in [0.29, 0.717) is 25.7 Å². The number of nitro groups is 1. The summed E-state index contributed by atoms with van der Waals surface area (Å²) in [6, 6.07) is 4.73. The Labute approximate surface area is 116 Å². The summed E-state index contributed by atoms with van der Waals surface area (Å²) in [4.78, 5) is 9.93. The second-order valence-corrected chi connectivity index (χ2v) is 6.60. The maximum Gasteiger partial charge on any atom is 0.270 e. The summed E-state index contributed by atoms with van der Waals surface area (Å²) in [6.07, 6.45) is 1.88. The van der Waals surface area contributed by atoms with Crippen molar-refractivity contribution in [3.8, 4) is 0 Å². The topological polar surface area (TPSA) is 110 Å². The minimum Gasteiger partial charge on any atom is -0.393 e. The van der Waals surface area contributed by atoms with Crippen molar-refractivity contribution in [2.45, 2.75) is 42.7 Å². The minimum atomic E-state index is -3.77. The second kappa shape index (κ2) is 5.86. The molecule has 110 valence electrons. The van der Waals surface area contributed by atoms with Gasteiger partial charge in [0.25, 0.3) is 5.69 Å². The second-order valence-electron chi connectivity index (χ2n) is 4.88. The SMILES string of the molecule is O=[N+]([O-])c1cccc(S(=O)(=O)NC2CCC(O)CC2)c1. The number of hydrogen-bond acceptors (Lipinski definition) is 5. The molecule has 1 fully saturated rings. The predicted molar refractivity (Wildman–Crippen MR) is 71.7 cm³/mol. The highest BCUT2D eigenvalue weighted by atomic mass is 32.2. The first kappa shape index (κ1) is 14.9. The monoisotopic (exact) mass is 300 g/mol. The van der Waals surface area contributed by atoms with E-state index in [1.54, 1.807) is 0 Å². The number of rotatable bonds is 4. The summed E-state index contributed by atoms with van der Waals surface area (Å²) < 4.78 is 26.9. The number of hydrogen-bond donors (Lipinski definition) is 2. The van der Waals surface area contributed by atoms with Crippen LogP contribution >= 0.6 is 0 Å². The molecule has 1 aromatic carbocycles. The lowest BCUT2D eigenvalue weighted by molar-refractivity contribution is -0.385. The first-order valence-electron chi connectivity index (χ1n) is 6.33. The average molecular weight is 300 g/mol. The van der Waals surface area contributed by atoms with Gasteiger partial charge in [0.1, 0.15) is 0 Å². The predicted octanol–water partition coefficient (Wildman–Crippen LogP) is 1.18. The largest absolute Gasteiger partial charge is 0.393 e. The number of nitro benzene ring substituents is 1. The molecule has 1 aromatic rings. The summed E-state index contributed by atoms with van der Waals surface area (Å²) in [6.45, 7) is 0. The molecule has 1 aliphatic carbocycles. The minimum absolute atomic E-state index is 0.113. The zero-order valence-corrected chi connectivity index (χ0v) is 11.5. The zero-order valence-electron chi connectivity index (χ0n) is 10.7. The van der Waals surface area contributed by atoms with E-state index in [1.165, 1.54) is 18.2 Å². The van der Waals surface area contributed by atoms with E-state index in [1.807, 2.05) is 0 Å². The summed E-state index contributed by atoms with van der Waals surface area (Å²) in [5.41, 5.74) is -0.257. The third-order valence-electron chi connectivity index (χ3n) is 3.36. The maximum absolute atomic E-state index is 12.2. The van der Waals surface area contributed by atoms with Crippen LogP contribution in [-0.2, 0) is 10.0 Å². The lowest BCUT2D eigenvalue weighted by atomic mass is 9.94. The summed E-state index contributed by atoms with van der Waals surface area (Å²) in [5, 5.41) is 20.1. The highest BCUT2D eigenvalue weighted by Gasteiger charge is 2.25. The van der Waals surface area contributed by atoms with E-state index >= 15 is 0 Å². The molecule has 0 unspecified atom stereocenters. The number of non-ortho nitro benzene ring substituents is 1. The Hall–Kier alpha value is -1.51. The van der Waals surface area contributed by atoms with Crippen molar-refractivity contribution in [2.24, 2.45) is 0 Å². The molecule has 0 bridgehead atoms. The Morgan fingerprint density at radius 2 is 1.90 bits per heavy atom. The van der Waals surface area contributed by atoms with Gasteiger partial charge >= 0.3 is 0 Å². The van der Waals surface area contributed by atoms with Gasteiger partial charge in [-0.25, -0.2) is 13.1 Å². The van der Waals surface area contributed by atoms with Gasteiger partial charge < -0.3 is 5.11 Å². The fraction of sp³-hybridized carbons (Fsp3) is 0.500. The molecule has 7 nitrogen and oxygen atoms in total. The molecule has 0 spiro atoms. The average Bonchev–Trinajstić information content (AvgIpc) is 2.41. The Balaban J connectivity index is 2.14. The quantitative estimate of drug-likeness (QED) is 0.641. The van der Waals surface area contributed by atoms with Gasteiger partial charge in [0, 0.05) is 18.2 Å². The Morgan fingerprint density at radius 1 is 1.25 bits per heavy atom. The standard InChI is InChI=1S/C12H16N2O5S/c15-11-6-4-9(5-7-11)13-20(18,19)12-3-1-2-10(8-12)14(16)17/h1-3,8-9,11,13,15H,4-7H2. The van der Waals surface area contributed by atoms with E-state index in [9.17, 15) is 23.6 Å². The highest BCUT2D eigenvalue weighted by molar-refractivity contribution is 7.89. The van der Waals surface area contributed by atoms with Crippen LogP contribution in [0, 0.1) is 10.1 Å². The van der Waals surface area contributed by atoms with Crippen molar-refractivity contribution in [1.29, 1.82) is 0 Å². The van der Waals surface area contributed by atoms with E-state index < -0.39 is 14.9 Å². The van der Waals surface area contributed by atoms with Crippen molar-refractivity contribution in [3.63, 3.8) is 0 Å². The van der Waals surface area contributed by atoms with Gasteiger partial charge in [0.15, 0.2) is 0 Å². The van der Waals surface area contributed by atoms with Crippen LogP contribution in [0.4, 0.5) is 5.69 Å². The molecule has 0 saturated heterocycles. The molecule has 0 amide bonds. The van der Waals surface area contributed by atoms with Crippen molar-refractivity contribution in [1.82, 2.24) is 4.72 Å². The molecule has 8 heteroatoms. The molecule has 0 atom stereocenters. The Kier molecular flexibility index (Phi) is 4.36. The van der Waals surface area contributed by atoms with Gasteiger partial charge in [-0.05, 0) is 31.7 Å². The first-order valence-corrected chi connectivity index (χ1v) is 7.81. The van der Waals surface area contributed by atoms with Crippen molar-refractivity contribution >= 4 is 15.7 Å². The number of nitrogens with zero attached hydrogens (tertiary/aromatic N) is 1. The van der Waals surface area contributed by atoms with Crippen molar-refractivity contribution in [3.05, 3.63) is 34.4 Å². The molecule has 2 N–H and O–H groups in total. The third kappa shape index (κ3) is 3.53. The molecule has 0 heterocycles. The van der Waals surface area contributed by atoms with Gasteiger partial charge in [0.2, 0.25) is 10.0 Å². The number of sulfonamides is 1. The molecular formula is C12H16N2O5S. The molecule has 20 heavy (non-hydrogen) atoms. The fourth-order valence-corrected chi connectivity index (χ4v) is 3.59. The smallest absolute Gasteiger partial charge is 0.270 e. The lowest BCUT2D eigenvalue weighted by Gasteiger charge is -2.25. The molecule has 0 radical (unpaired) electrons. The van der Waals surface area contributed by atoms with E-state index in [-0.39, 0.29) is 22.7 Å². The van der Waals surface area contributed by atoms with Crippen LogP contribution in [0.3, 0.4) is 0 Å². The molecule has 1 saturated carbocycles. The Bertz CT molecular complexity index is 594. The molecular weight excluding hydrogens is 284 g/mol. The fourth-order valence-electron chi connectivity index (χ4n) is 2.25. The summed E-state index contributed by atoms with van der Waals surface area (Å²) in [7, 11) is -3.77. The summed E-state index contributed by atoms with van der Waals surface area (Å²) >= 11 is 0. The van der Waals surface area contributed by atoms with Crippen LogP contribution < -0.4 is 4.72 Å². The molecule has 1 aliphatic rings. The van der Waals surface area contributed by atoms with Crippen LogP contribution in [-0.4, -0.2) is 30.6 Å². The first-order chi connectivity index (χ1) is 9.38. The van der Waals surface area contributed by atoms with E-state index in [2.05, 4.69) is 4.72 Å². The van der Waals surface area contributed by atoms with Gasteiger partial charge in [-0.1, -0.05) is 6.07 Å². The van der Waals surface area contributed by atoms with Crippen LogP contribution in [0.5, 0.6) is 0 Å². The van der Waals surface area contributed by atoms with Crippen molar-refractivity contribution < 1.29 is 18.4 Å². The zero-order chi connectivity index (χ0) is 14.8. The number of aliphatic hydroxyl groups is 1. The summed E-state index contributed by atoms with van der Waals surface area (Å²) in [5.74, 6) is 0. The van der Waals surface area contributed by atoms with E-state index in [0.717, 1.165) is 6.07 Å². The lowest BCUT2D eigenvalue weighted by Crippen LogP contribution is -2.38. The number of nitrogens with one attached hydrogen (secondary N) is 1. The van der Waals surface area contributed by atoms with Gasteiger partial charge in [0.05, 0.1) is 15.9 Å². The van der Waals surface area contributed by atoms with Crippen LogP contribution in [0.25, 0.3) is 0 Å². The molecule has 2 rings (SSSR count). The van der Waals surface area contributed by atoms with E-state index in [4.69, 9.17) is 0 Å². The van der Waals surface area contributed by atoms with Gasteiger partial charge in [-0.15, -0.1) is 0 Å². The van der Waals surface area contributed by atoms with Crippen LogP contribution in [0.15, 0.2) is 29.2 Å². The molecule has 0 aliphatic heterocycles. The normalized spacial score (nSPS) is 23.4. The maximum atomic E-state index is 12.2. The van der Waals surface area contributed by atoms with Crippen LogP contribution in [0.1, 0.15) is 25.7 Å². The van der Waals surface area contributed by atoms with Gasteiger partial charge in [-0.3, -0.25) is 10.1 Å². The molecule has 0 aromatic heterocycles. The van der Waals surface area contributed by atoms with Crippen molar-refractivity contribution in [2.75, 3.05) is 0 Å².